The zero-order chi connectivity index (χ0) is 17.6. The highest BCUT2D eigenvalue weighted by atomic mass is 32.2. The van der Waals surface area contributed by atoms with Crippen molar-refractivity contribution in [3.05, 3.63) is 27.8 Å². The van der Waals surface area contributed by atoms with Gasteiger partial charge in [-0.05, 0) is 101 Å². The number of piperidine rings is 1. The van der Waals surface area contributed by atoms with Gasteiger partial charge >= 0.3 is 0 Å². The summed E-state index contributed by atoms with van der Waals surface area (Å²) in [5, 5.41) is 0. The first-order valence-electron chi connectivity index (χ1n) is 9.05. The van der Waals surface area contributed by atoms with Crippen LogP contribution in [0.4, 0.5) is 0 Å². The monoisotopic (exact) mass is 350 g/mol. The summed E-state index contributed by atoms with van der Waals surface area (Å²) in [5.41, 5.74) is 5.14. The number of benzene rings is 1. The molecule has 0 spiro atoms. The van der Waals surface area contributed by atoms with E-state index in [2.05, 4.69) is 16.5 Å². The van der Waals surface area contributed by atoms with E-state index in [1.807, 2.05) is 27.7 Å². The molecule has 4 nitrogen and oxygen atoms in total. The Kier molecular flexibility index (Phi) is 4.80. The van der Waals surface area contributed by atoms with Crippen LogP contribution in [0.5, 0.6) is 0 Å². The van der Waals surface area contributed by atoms with Crippen LogP contribution in [0.15, 0.2) is 4.90 Å². The fourth-order valence-corrected chi connectivity index (χ4v) is 5.87. The van der Waals surface area contributed by atoms with Crippen molar-refractivity contribution < 1.29 is 8.42 Å². The summed E-state index contributed by atoms with van der Waals surface area (Å²) in [5.74, 6) is 0. The molecule has 1 saturated carbocycles. The predicted octanol–water partition coefficient (Wildman–Crippen LogP) is 3.13. The minimum absolute atomic E-state index is 0.0608. The van der Waals surface area contributed by atoms with Crippen molar-refractivity contribution >= 4 is 10.0 Å². The second-order valence-electron chi connectivity index (χ2n) is 7.62. The molecule has 0 radical (unpaired) electrons. The van der Waals surface area contributed by atoms with Crippen molar-refractivity contribution in [3.8, 4) is 0 Å². The van der Waals surface area contributed by atoms with Crippen LogP contribution in [0.25, 0.3) is 0 Å². The molecular formula is C19H30N2O2S. The van der Waals surface area contributed by atoms with E-state index in [1.54, 1.807) is 0 Å². The van der Waals surface area contributed by atoms with E-state index >= 15 is 0 Å². The van der Waals surface area contributed by atoms with E-state index in [0.717, 1.165) is 54.2 Å². The van der Waals surface area contributed by atoms with E-state index in [4.69, 9.17) is 0 Å². The minimum Gasteiger partial charge on any atom is -0.300 e. The first-order chi connectivity index (χ1) is 11.2. The molecule has 0 aromatic heterocycles. The number of hydrogen-bond acceptors (Lipinski definition) is 3. The summed E-state index contributed by atoms with van der Waals surface area (Å²) in [6.07, 6.45) is 4.46. The molecule has 2 aliphatic rings. The van der Waals surface area contributed by atoms with Gasteiger partial charge in [-0.2, -0.15) is 0 Å². The van der Waals surface area contributed by atoms with Crippen molar-refractivity contribution in [1.29, 1.82) is 0 Å². The molecule has 134 valence electrons. The number of hydrogen-bond donors (Lipinski definition) is 1. The molecule has 1 aliphatic heterocycles. The van der Waals surface area contributed by atoms with Gasteiger partial charge in [-0.1, -0.05) is 0 Å². The third-order valence-electron chi connectivity index (χ3n) is 6.11. The van der Waals surface area contributed by atoms with Crippen molar-refractivity contribution in [3.63, 3.8) is 0 Å². The van der Waals surface area contributed by atoms with E-state index in [9.17, 15) is 8.42 Å². The maximum atomic E-state index is 13.1. The second kappa shape index (κ2) is 6.43. The summed E-state index contributed by atoms with van der Waals surface area (Å²) in [6.45, 7) is 12.0. The van der Waals surface area contributed by atoms with Crippen LogP contribution in [-0.4, -0.2) is 38.5 Å². The van der Waals surface area contributed by atoms with E-state index in [0.29, 0.717) is 4.90 Å². The lowest BCUT2D eigenvalue weighted by Crippen LogP contribution is -2.45. The van der Waals surface area contributed by atoms with Gasteiger partial charge in [-0.15, -0.1) is 0 Å². The summed E-state index contributed by atoms with van der Waals surface area (Å²) in [6, 6.07) is 0.833. The fourth-order valence-electron chi connectivity index (χ4n) is 3.97. The molecule has 1 heterocycles. The van der Waals surface area contributed by atoms with Crippen molar-refractivity contribution in [2.75, 3.05) is 13.1 Å². The highest BCUT2D eigenvalue weighted by Gasteiger charge is 2.33. The van der Waals surface area contributed by atoms with Gasteiger partial charge in [-0.3, -0.25) is 0 Å². The lowest BCUT2D eigenvalue weighted by molar-refractivity contribution is 0.199. The molecule has 24 heavy (non-hydrogen) atoms. The molecule has 0 atom stereocenters. The van der Waals surface area contributed by atoms with Gasteiger partial charge in [-0.25, -0.2) is 13.1 Å². The van der Waals surface area contributed by atoms with Crippen LogP contribution < -0.4 is 4.72 Å². The second-order valence-corrected chi connectivity index (χ2v) is 9.27. The average Bonchev–Trinajstić information content (AvgIpc) is 3.36. The Labute approximate surface area is 146 Å². The van der Waals surface area contributed by atoms with Gasteiger partial charge in [0.15, 0.2) is 0 Å². The molecule has 5 heteroatoms. The zero-order valence-corrected chi connectivity index (χ0v) is 16.4. The van der Waals surface area contributed by atoms with Gasteiger partial charge in [0.1, 0.15) is 0 Å². The van der Waals surface area contributed by atoms with Crippen LogP contribution in [0.2, 0.25) is 0 Å². The van der Waals surface area contributed by atoms with Crippen LogP contribution in [0.3, 0.4) is 0 Å². The van der Waals surface area contributed by atoms with E-state index < -0.39 is 10.0 Å². The number of rotatable bonds is 4. The van der Waals surface area contributed by atoms with E-state index in [1.165, 1.54) is 18.4 Å². The van der Waals surface area contributed by atoms with Crippen LogP contribution in [0.1, 0.15) is 53.5 Å². The highest BCUT2D eigenvalue weighted by molar-refractivity contribution is 7.89. The number of nitrogens with one attached hydrogen (secondary N) is 1. The summed E-state index contributed by atoms with van der Waals surface area (Å²) >= 11 is 0. The summed E-state index contributed by atoms with van der Waals surface area (Å²) < 4.78 is 29.1. The third-order valence-corrected chi connectivity index (χ3v) is 7.91. The zero-order valence-electron chi connectivity index (χ0n) is 15.6. The Hall–Kier alpha value is -0.910. The topological polar surface area (TPSA) is 49.4 Å². The van der Waals surface area contributed by atoms with Crippen LogP contribution in [-0.2, 0) is 10.0 Å². The summed E-state index contributed by atoms with van der Waals surface area (Å²) in [7, 11) is -3.47. The SMILES string of the molecule is Cc1c(C)c(C)c(S(=O)(=O)NC2CCN(C3CC3)CC2)c(C)c1C. The quantitative estimate of drug-likeness (QED) is 0.907. The largest absolute Gasteiger partial charge is 0.300 e. The Bertz CT molecular complexity index is 714. The Morgan fingerprint density at radius 2 is 1.25 bits per heavy atom. The number of nitrogens with zero attached hydrogens (tertiary/aromatic N) is 1. The molecule has 1 aromatic carbocycles. The summed E-state index contributed by atoms with van der Waals surface area (Å²) in [4.78, 5) is 3.01. The van der Waals surface area contributed by atoms with Gasteiger partial charge < -0.3 is 4.90 Å². The van der Waals surface area contributed by atoms with Gasteiger partial charge in [0.05, 0.1) is 4.90 Å². The van der Waals surface area contributed by atoms with Crippen molar-refractivity contribution in [2.45, 2.75) is 77.3 Å². The molecule has 0 unspecified atom stereocenters. The smallest absolute Gasteiger partial charge is 0.241 e. The normalized spacial score (nSPS) is 20.5. The van der Waals surface area contributed by atoms with Crippen LogP contribution in [0, 0.1) is 34.6 Å². The van der Waals surface area contributed by atoms with Crippen LogP contribution >= 0.6 is 0 Å². The molecule has 2 fully saturated rings. The molecule has 1 aromatic rings. The molecule has 1 aliphatic carbocycles. The predicted molar refractivity (Wildman–Crippen MR) is 98.1 cm³/mol. The standard InChI is InChI=1S/C19H30N2O2S/c1-12-13(2)15(4)19(16(5)14(12)3)24(22,23)20-17-8-10-21(11-9-17)18-6-7-18/h17-18,20H,6-11H2,1-5H3. The fraction of sp³-hybridized carbons (Fsp3) is 0.684. The van der Waals surface area contributed by atoms with Gasteiger partial charge in [0.2, 0.25) is 10.0 Å². The Morgan fingerprint density at radius 3 is 1.71 bits per heavy atom. The number of sulfonamides is 1. The van der Waals surface area contributed by atoms with Gasteiger partial charge in [0, 0.05) is 12.1 Å². The first-order valence-corrected chi connectivity index (χ1v) is 10.5. The van der Waals surface area contributed by atoms with Crippen molar-refractivity contribution in [1.82, 2.24) is 9.62 Å². The molecule has 0 amide bonds. The van der Waals surface area contributed by atoms with E-state index in [-0.39, 0.29) is 6.04 Å². The Morgan fingerprint density at radius 1 is 0.792 bits per heavy atom. The Balaban J connectivity index is 1.81. The number of likely N-dealkylation sites (tertiary alicyclic amines) is 1. The van der Waals surface area contributed by atoms with Gasteiger partial charge in [0.25, 0.3) is 0 Å². The lowest BCUT2D eigenvalue weighted by atomic mass is 9.95. The highest BCUT2D eigenvalue weighted by Crippen LogP contribution is 2.31. The minimum atomic E-state index is -3.47. The lowest BCUT2D eigenvalue weighted by Gasteiger charge is -2.32. The maximum absolute atomic E-state index is 13.1. The molecule has 0 bridgehead atoms. The molecular weight excluding hydrogens is 320 g/mol. The molecule has 1 N–H and O–H groups in total. The first kappa shape index (κ1) is 17.9. The molecule has 1 saturated heterocycles. The average molecular weight is 351 g/mol. The van der Waals surface area contributed by atoms with Crippen molar-refractivity contribution in [2.24, 2.45) is 0 Å². The third kappa shape index (κ3) is 3.26. The maximum Gasteiger partial charge on any atom is 0.241 e. The molecule has 3 rings (SSSR count).